The van der Waals surface area contributed by atoms with Gasteiger partial charge in [-0.05, 0) is 0 Å². The maximum Gasteiger partial charge on any atom is 0.280 e. The highest BCUT2D eigenvalue weighted by Crippen LogP contribution is 2.44. The van der Waals surface area contributed by atoms with E-state index in [-0.39, 0.29) is 18.0 Å². The Kier molecular flexibility index (Phi) is 3.25. The summed E-state index contributed by atoms with van der Waals surface area (Å²) in [6.07, 6.45) is 0.487. The van der Waals surface area contributed by atoms with Crippen LogP contribution in [-0.4, -0.2) is 67.7 Å². The minimum Gasteiger partial charge on any atom is -0.492 e. The number of aromatic hydroxyl groups is 1. The van der Waals surface area contributed by atoms with Gasteiger partial charge in [-0.1, -0.05) is 0 Å². The number of rotatable bonds is 3. The minimum atomic E-state index is -1.21. The highest BCUT2D eigenvalue weighted by molar-refractivity contribution is 5.75. The standard InChI is InChI=1S/C13H16N4O6/c1-13(20-2)22-8-6(3-18)21-12(9(8)23-13)17-5-16-7-10(17)14-4-15-11(7)19/h4-6,8-9,12,18H,3H2,1-2H3,(H,14,15,19)/t6-,8-,9-,12-,13?/m1/s1. The fourth-order valence-electron chi connectivity index (χ4n) is 2.99. The lowest BCUT2D eigenvalue weighted by Gasteiger charge is -2.25. The van der Waals surface area contributed by atoms with Crippen LogP contribution in [0.4, 0.5) is 0 Å². The topological polar surface area (TPSA) is 121 Å². The first-order valence-corrected chi connectivity index (χ1v) is 7.10. The van der Waals surface area contributed by atoms with Gasteiger partial charge in [0.1, 0.15) is 24.6 Å². The van der Waals surface area contributed by atoms with Crippen molar-refractivity contribution in [3.63, 3.8) is 0 Å². The molecule has 10 heteroatoms. The summed E-state index contributed by atoms with van der Waals surface area (Å²) in [5, 5.41) is 19.3. The molecule has 4 rings (SSSR count). The van der Waals surface area contributed by atoms with Gasteiger partial charge >= 0.3 is 0 Å². The lowest BCUT2D eigenvalue weighted by atomic mass is 10.1. The molecule has 2 aromatic rings. The zero-order chi connectivity index (χ0) is 16.2. The van der Waals surface area contributed by atoms with Gasteiger partial charge in [0.05, 0.1) is 12.9 Å². The number of imidazole rings is 1. The van der Waals surface area contributed by atoms with Crippen LogP contribution < -0.4 is 0 Å². The van der Waals surface area contributed by atoms with Crippen LogP contribution >= 0.6 is 0 Å². The molecule has 124 valence electrons. The van der Waals surface area contributed by atoms with E-state index in [4.69, 9.17) is 18.9 Å². The van der Waals surface area contributed by atoms with E-state index in [1.165, 1.54) is 19.8 Å². The van der Waals surface area contributed by atoms with Crippen molar-refractivity contribution < 1.29 is 29.2 Å². The molecular weight excluding hydrogens is 308 g/mol. The molecule has 1 unspecified atom stereocenters. The second kappa shape index (κ2) is 5.08. The normalized spacial score (nSPS) is 36.7. The summed E-state index contributed by atoms with van der Waals surface area (Å²) < 4.78 is 24.3. The zero-order valence-corrected chi connectivity index (χ0v) is 12.5. The number of aliphatic hydroxyl groups excluding tert-OH is 1. The van der Waals surface area contributed by atoms with Crippen LogP contribution in [0.25, 0.3) is 11.2 Å². The lowest BCUT2D eigenvalue weighted by Crippen LogP contribution is -2.34. The quantitative estimate of drug-likeness (QED) is 0.771. The molecule has 0 aromatic carbocycles. The lowest BCUT2D eigenvalue weighted by molar-refractivity contribution is -0.336. The monoisotopic (exact) mass is 324 g/mol. The van der Waals surface area contributed by atoms with Gasteiger partial charge in [0, 0.05) is 14.0 Å². The Hall–Kier alpha value is -1.85. The van der Waals surface area contributed by atoms with Gasteiger partial charge in [-0.15, -0.1) is 0 Å². The van der Waals surface area contributed by atoms with Crippen LogP contribution in [0.2, 0.25) is 0 Å². The Balaban J connectivity index is 1.75. The highest BCUT2D eigenvalue weighted by Gasteiger charge is 2.57. The van der Waals surface area contributed by atoms with E-state index in [0.717, 1.165) is 0 Å². The average Bonchev–Trinajstić information content (AvgIpc) is 3.19. The van der Waals surface area contributed by atoms with E-state index in [1.54, 1.807) is 11.5 Å². The first-order chi connectivity index (χ1) is 11.1. The number of hydrogen-bond acceptors (Lipinski definition) is 9. The van der Waals surface area contributed by atoms with E-state index >= 15 is 0 Å². The number of nitrogens with zero attached hydrogens (tertiary/aromatic N) is 4. The summed E-state index contributed by atoms with van der Waals surface area (Å²) in [6, 6.07) is 0. The predicted octanol–water partition coefficient (Wildman–Crippen LogP) is -0.474. The van der Waals surface area contributed by atoms with Crippen molar-refractivity contribution in [1.29, 1.82) is 0 Å². The number of methoxy groups -OCH3 is 1. The second-order valence-electron chi connectivity index (χ2n) is 5.50. The SMILES string of the molecule is COC1(C)O[C@@H]2[C@H](O1)[C@@H](CO)O[C@H]2n1cnc2c(O)ncnc21. The van der Waals surface area contributed by atoms with Gasteiger partial charge in [-0.3, -0.25) is 4.57 Å². The smallest absolute Gasteiger partial charge is 0.280 e. The summed E-state index contributed by atoms with van der Waals surface area (Å²) in [6.45, 7) is 1.42. The van der Waals surface area contributed by atoms with Crippen LogP contribution in [0.15, 0.2) is 12.7 Å². The number of ether oxygens (including phenoxy) is 4. The van der Waals surface area contributed by atoms with Crippen LogP contribution in [0, 0.1) is 0 Å². The summed E-state index contributed by atoms with van der Waals surface area (Å²) in [4.78, 5) is 11.9. The van der Waals surface area contributed by atoms with Crippen molar-refractivity contribution in [3.8, 4) is 5.88 Å². The summed E-state index contributed by atoms with van der Waals surface area (Å²) in [5.41, 5.74) is 0.656. The third-order valence-electron chi connectivity index (χ3n) is 4.15. The number of fused-ring (bicyclic) bond motifs is 2. The fourth-order valence-corrected chi connectivity index (χ4v) is 2.99. The third kappa shape index (κ3) is 2.11. The highest BCUT2D eigenvalue weighted by atomic mass is 16.9. The largest absolute Gasteiger partial charge is 0.492 e. The van der Waals surface area contributed by atoms with Gasteiger partial charge < -0.3 is 29.2 Å². The molecule has 5 atom stereocenters. The van der Waals surface area contributed by atoms with Crippen molar-refractivity contribution in [2.24, 2.45) is 0 Å². The molecule has 2 N–H and O–H groups in total. The van der Waals surface area contributed by atoms with Gasteiger partial charge in [0.15, 0.2) is 17.4 Å². The van der Waals surface area contributed by atoms with Crippen LogP contribution in [0.5, 0.6) is 5.88 Å². The summed E-state index contributed by atoms with van der Waals surface area (Å²) in [7, 11) is 1.47. The molecule has 2 aliphatic rings. The van der Waals surface area contributed by atoms with Crippen LogP contribution in [-0.2, 0) is 18.9 Å². The van der Waals surface area contributed by atoms with Gasteiger partial charge in [-0.25, -0.2) is 9.97 Å². The predicted molar refractivity (Wildman–Crippen MR) is 73.1 cm³/mol. The first-order valence-electron chi connectivity index (χ1n) is 7.10. The number of aromatic nitrogens is 4. The molecule has 4 heterocycles. The van der Waals surface area contributed by atoms with Crippen molar-refractivity contribution in [1.82, 2.24) is 19.5 Å². The maximum absolute atomic E-state index is 9.75. The molecule has 0 bridgehead atoms. The van der Waals surface area contributed by atoms with E-state index < -0.39 is 30.5 Å². The molecule has 2 aromatic heterocycles. The Labute approximate surface area is 130 Å². The fraction of sp³-hybridized carbons (Fsp3) is 0.615. The Morgan fingerprint density at radius 3 is 2.83 bits per heavy atom. The Morgan fingerprint density at radius 2 is 2.09 bits per heavy atom. The molecule has 2 aliphatic heterocycles. The Morgan fingerprint density at radius 1 is 1.30 bits per heavy atom. The second-order valence-corrected chi connectivity index (χ2v) is 5.50. The molecule has 2 fully saturated rings. The third-order valence-corrected chi connectivity index (χ3v) is 4.15. The number of hydrogen-bond donors (Lipinski definition) is 2. The maximum atomic E-state index is 9.75. The summed E-state index contributed by atoms with van der Waals surface area (Å²) >= 11 is 0. The molecule has 10 nitrogen and oxygen atoms in total. The van der Waals surface area contributed by atoms with Crippen molar-refractivity contribution in [2.45, 2.75) is 37.4 Å². The summed E-state index contributed by atoms with van der Waals surface area (Å²) in [5.74, 6) is -1.43. The molecule has 0 saturated carbocycles. The molecular formula is C13H16N4O6. The molecule has 23 heavy (non-hydrogen) atoms. The zero-order valence-electron chi connectivity index (χ0n) is 12.5. The van der Waals surface area contributed by atoms with Gasteiger partial charge in [0.2, 0.25) is 5.88 Å². The van der Waals surface area contributed by atoms with Crippen LogP contribution in [0.1, 0.15) is 13.2 Å². The Bertz CT molecular complexity index is 738. The minimum absolute atomic E-state index is 0.215. The van der Waals surface area contributed by atoms with Crippen molar-refractivity contribution >= 4 is 11.2 Å². The average molecular weight is 324 g/mol. The molecule has 0 amide bonds. The van der Waals surface area contributed by atoms with E-state index in [1.807, 2.05) is 0 Å². The molecule has 0 spiro atoms. The molecule has 0 aliphatic carbocycles. The van der Waals surface area contributed by atoms with Crippen LogP contribution in [0.3, 0.4) is 0 Å². The van der Waals surface area contributed by atoms with E-state index in [9.17, 15) is 10.2 Å². The van der Waals surface area contributed by atoms with E-state index in [0.29, 0.717) is 5.65 Å². The van der Waals surface area contributed by atoms with Gasteiger partial charge in [-0.2, -0.15) is 4.98 Å². The van der Waals surface area contributed by atoms with Crippen molar-refractivity contribution in [3.05, 3.63) is 12.7 Å². The number of aliphatic hydroxyl groups is 1. The first kappa shape index (κ1) is 14.7. The molecule has 0 radical (unpaired) electrons. The van der Waals surface area contributed by atoms with E-state index in [2.05, 4.69) is 15.0 Å². The van der Waals surface area contributed by atoms with Gasteiger partial charge in [0.25, 0.3) is 5.97 Å². The van der Waals surface area contributed by atoms with Crippen molar-refractivity contribution in [2.75, 3.05) is 13.7 Å². The molecule has 2 saturated heterocycles.